The number of benzene rings is 1. The number of fused-ring (bicyclic) bond motifs is 3. The molecule has 4 rings (SSSR count). The summed E-state index contributed by atoms with van der Waals surface area (Å²) in [7, 11) is 5.90. The number of amides is 2. The summed E-state index contributed by atoms with van der Waals surface area (Å²) < 4.78 is 22.0. The van der Waals surface area contributed by atoms with E-state index in [1.807, 2.05) is 33.8 Å². The molecule has 258 valence electrons. The number of methoxy groups -OCH3 is 4. The Bertz CT molecular complexity index is 1750. The molecule has 0 spiro atoms. The SMILES string of the molecule is COC(=O)c1nc(NC(=O)[C@H](Nc2ccc3c(cc2=O)[C@H](NC(C)=O)CCc2cc(OC)c(OC)c(OC)c2-3)C(C)C)sc1CC(C)C. The fourth-order valence-electron chi connectivity index (χ4n) is 5.88. The van der Waals surface area contributed by atoms with Gasteiger partial charge in [-0.3, -0.25) is 14.4 Å². The zero-order valence-electron chi connectivity index (χ0n) is 28.9. The highest BCUT2D eigenvalue weighted by atomic mass is 32.1. The maximum atomic E-state index is 13.9. The van der Waals surface area contributed by atoms with Gasteiger partial charge in [-0.1, -0.05) is 33.8 Å². The molecule has 2 atom stereocenters. The summed E-state index contributed by atoms with van der Waals surface area (Å²) in [5, 5.41) is 9.26. The Morgan fingerprint density at radius 2 is 1.71 bits per heavy atom. The third kappa shape index (κ3) is 7.73. The number of aromatic nitrogens is 1. The minimum atomic E-state index is -0.837. The fraction of sp³-hybridized carbons (Fsp3) is 0.457. The topological polar surface area (TPSA) is 154 Å². The van der Waals surface area contributed by atoms with Crippen LogP contribution in [0.1, 0.15) is 73.6 Å². The van der Waals surface area contributed by atoms with Crippen LogP contribution in [0.3, 0.4) is 0 Å². The van der Waals surface area contributed by atoms with Crippen molar-refractivity contribution in [2.75, 3.05) is 39.1 Å². The molecule has 0 bridgehead atoms. The molecule has 0 radical (unpaired) electrons. The maximum Gasteiger partial charge on any atom is 0.357 e. The van der Waals surface area contributed by atoms with E-state index in [1.165, 1.54) is 45.7 Å². The molecule has 0 saturated heterocycles. The van der Waals surface area contributed by atoms with Crippen LogP contribution in [0, 0.1) is 11.8 Å². The first-order valence-electron chi connectivity index (χ1n) is 15.8. The number of nitrogens with zero attached hydrogens (tertiary/aromatic N) is 1. The molecule has 0 unspecified atom stereocenters. The molecule has 0 aliphatic heterocycles. The van der Waals surface area contributed by atoms with Crippen LogP contribution in [0.15, 0.2) is 29.1 Å². The first kappa shape index (κ1) is 36.2. The predicted molar refractivity (Wildman–Crippen MR) is 186 cm³/mol. The number of hydrogen-bond donors (Lipinski definition) is 3. The lowest BCUT2D eigenvalue weighted by Gasteiger charge is -2.21. The van der Waals surface area contributed by atoms with Crippen LogP contribution in [0.5, 0.6) is 17.2 Å². The van der Waals surface area contributed by atoms with Crippen molar-refractivity contribution in [3.05, 3.63) is 56.2 Å². The van der Waals surface area contributed by atoms with Gasteiger partial charge in [0.25, 0.3) is 0 Å². The Kier molecular flexibility index (Phi) is 11.7. The minimum Gasteiger partial charge on any atom is -0.493 e. The number of carbonyl (C=O) groups excluding carboxylic acids is 3. The lowest BCUT2D eigenvalue weighted by Crippen LogP contribution is -2.39. The predicted octanol–water partition coefficient (Wildman–Crippen LogP) is 5.38. The molecular formula is C35H44N4O8S. The van der Waals surface area contributed by atoms with E-state index >= 15 is 0 Å². The highest BCUT2D eigenvalue weighted by molar-refractivity contribution is 7.16. The highest BCUT2D eigenvalue weighted by Gasteiger charge is 2.31. The highest BCUT2D eigenvalue weighted by Crippen LogP contribution is 2.50. The van der Waals surface area contributed by atoms with Crippen molar-refractivity contribution >= 4 is 39.9 Å². The number of hydrogen-bond acceptors (Lipinski definition) is 11. The average molecular weight is 681 g/mol. The largest absolute Gasteiger partial charge is 0.493 e. The summed E-state index contributed by atoms with van der Waals surface area (Å²) in [5.74, 6) is 0.137. The third-order valence-electron chi connectivity index (χ3n) is 8.08. The van der Waals surface area contributed by atoms with E-state index in [2.05, 4.69) is 20.9 Å². The van der Waals surface area contributed by atoms with E-state index in [1.54, 1.807) is 19.2 Å². The van der Waals surface area contributed by atoms with Crippen molar-refractivity contribution in [2.45, 2.75) is 66.0 Å². The molecule has 1 heterocycles. The molecule has 48 heavy (non-hydrogen) atoms. The lowest BCUT2D eigenvalue weighted by atomic mass is 9.95. The smallest absolute Gasteiger partial charge is 0.357 e. The zero-order chi connectivity index (χ0) is 35.3. The van der Waals surface area contributed by atoms with Crippen molar-refractivity contribution in [3.63, 3.8) is 0 Å². The van der Waals surface area contributed by atoms with Crippen LogP contribution in [-0.2, 0) is 27.2 Å². The maximum absolute atomic E-state index is 13.9. The second-order valence-electron chi connectivity index (χ2n) is 12.3. The quantitative estimate of drug-likeness (QED) is 0.213. The molecular weight excluding hydrogens is 636 g/mol. The van der Waals surface area contributed by atoms with Crippen LogP contribution < -0.4 is 35.6 Å². The Hall–Kier alpha value is -4.65. The molecule has 2 amide bonds. The van der Waals surface area contributed by atoms with Gasteiger partial charge < -0.3 is 34.9 Å². The van der Waals surface area contributed by atoms with Crippen molar-refractivity contribution in [1.29, 1.82) is 0 Å². The zero-order valence-corrected chi connectivity index (χ0v) is 29.7. The first-order valence-corrected chi connectivity index (χ1v) is 16.6. The van der Waals surface area contributed by atoms with E-state index in [4.69, 9.17) is 18.9 Å². The van der Waals surface area contributed by atoms with E-state index in [9.17, 15) is 19.2 Å². The van der Waals surface area contributed by atoms with Crippen molar-refractivity contribution in [1.82, 2.24) is 10.3 Å². The van der Waals surface area contributed by atoms with Gasteiger partial charge in [0.1, 0.15) is 6.04 Å². The standard InChI is InChI=1S/C35H44N4O8S/c1-17(2)14-27-30(34(43)47-9)38-35(48-27)39-33(42)29(18(3)4)37-24-13-11-21-22(16-25(24)41)23(36-19(5)40)12-10-20-15-26(44-6)31(45-7)32(46-8)28(20)21/h11,13,15-18,23,29H,10,12,14H2,1-9H3,(H,36,40)(H,37,41)(H,38,39,42)/t23-,29-/m1/s1. The second kappa shape index (κ2) is 15.5. The Balaban J connectivity index is 1.79. The van der Waals surface area contributed by atoms with Gasteiger partial charge in [0.05, 0.1) is 40.2 Å². The number of anilines is 2. The number of ether oxygens (including phenoxy) is 4. The number of aryl methyl sites for hydroxylation is 1. The lowest BCUT2D eigenvalue weighted by molar-refractivity contribution is -0.120. The molecule has 3 aromatic rings. The Morgan fingerprint density at radius 1 is 1.00 bits per heavy atom. The first-order chi connectivity index (χ1) is 22.8. The molecule has 1 aliphatic carbocycles. The van der Waals surface area contributed by atoms with Crippen LogP contribution >= 0.6 is 11.3 Å². The number of carbonyl (C=O) groups is 3. The molecule has 1 aliphatic rings. The normalized spacial score (nSPS) is 14.3. The van der Waals surface area contributed by atoms with Crippen molar-refractivity contribution < 1.29 is 33.3 Å². The van der Waals surface area contributed by atoms with Gasteiger partial charge in [-0.05, 0) is 66.0 Å². The summed E-state index contributed by atoms with van der Waals surface area (Å²) in [6.07, 6.45) is 1.68. The third-order valence-corrected chi connectivity index (χ3v) is 9.07. The fourth-order valence-corrected chi connectivity index (χ4v) is 7.05. The van der Waals surface area contributed by atoms with Gasteiger partial charge in [-0.15, -0.1) is 11.3 Å². The molecule has 13 heteroatoms. The summed E-state index contributed by atoms with van der Waals surface area (Å²) in [5.41, 5.74) is 2.90. The van der Waals surface area contributed by atoms with Crippen LogP contribution in [0.25, 0.3) is 11.1 Å². The van der Waals surface area contributed by atoms with Crippen LogP contribution in [0.2, 0.25) is 0 Å². The average Bonchev–Trinajstić information content (AvgIpc) is 3.27. The number of esters is 1. The molecule has 3 N–H and O–H groups in total. The van der Waals surface area contributed by atoms with Gasteiger partial charge in [0, 0.05) is 17.4 Å². The van der Waals surface area contributed by atoms with E-state index in [0.717, 1.165) is 16.0 Å². The molecule has 0 saturated carbocycles. The van der Waals surface area contributed by atoms with Gasteiger partial charge in [0.15, 0.2) is 22.3 Å². The minimum absolute atomic E-state index is 0.178. The summed E-state index contributed by atoms with van der Waals surface area (Å²) in [6, 6.07) is 5.51. The number of rotatable bonds is 12. The summed E-state index contributed by atoms with van der Waals surface area (Å²) in [4.78, 5) is 57.3. The van der Waals surface area contributed by atoms with Gasteiger partial charge >= 0.3 is 5.97 Å². The summed E-state index contributed by atoms with van der Waals surface area (Å²) >= 11 is 1.22. The van der Waals surface area contributed by atoms with Gasteiger partial charge in [-0.2, -0.15) is 0 Å². The second-order valence-corrected chi connectivity index (χ2v) is 13.4. The monoisotopic (exact) mass is 680 g/mol. The van der Waals surface area contributed by atoms with Crippen molar-refractivity contribution in [3.8, 4) is 28.4 Å². The van der Waals surface area contributed by atoms with E-state index in [0.29, 0.717) is 47.6 Å². The van der Waals surface area contributed by atoms with E-state index in [-0.39, 0.29) is 39.7 Å². The number of thiazole rings is 1. The molecule has 0 fully saturated rings. The van der Waals surface area contributed by atoms with Crippen LogP contribution in [0.4, 0.5) is 10.8 Å². The molecule has 2 aromatic carbocycles. The van der Waals surface area contributed by atoms with Crippen molar-refractivity contribution in [2.24, 2.45) is 11.8 Å². The molecule has 1 aromatic heterocycles. The molecule has 12 nitrogen and oxygen atoms in total. The van der Waals surface area contributed by atoms with Gasteiger partial charge in [0.2, 0.25) is 23.0 Å². The summed E-state index contributed by atoms with van der Waals surface area (Å²) in [6.45, 7) is 9.21. The van der Waals surface area contributed by atoms with Crippen LogP contribution in [-0.4, -0.2) is 57.2 Å². The number of nitrogens with one attached hydrogen (secondary N) is 3. The van der Waals surface area contributed by atoms with Gasteiger partial charge in [-0.25, -0.2) is 9.78 Å². The Morgan fingerprint density at radius 3 is 2.29 bits per heavy atom. The Labute approximate surface area is 284 Å². The van der Waals surface area contributed by atoms with E-state index < -0.39 is 24.0 Å².